The van der Waals surface area contributed by atoms with Gasteiger partial charge in [-0.15, -0.1) is 11.8 Å². The van der Waals surface area contributed by atoms with E-state index in [-0.39, 0.29) is 22.8 Å². The molecule has 0 spiro atoms. The number of carbonyl (C=O) groups excluding carboxylic acids is 1. The summed E-state index contributed by atoms with van der Waals surface area (Å²) in [5.41, 5.74) is 3.27. The lowest BCUT2D eigenvalue weighted by Crippen LogP contribution is -2.53. The predicted molar refractivity (Wildman–Crippen MR) is 163 cm³/mol. The highest BCUT2D eigenvalue weighted by atomic mass is 32.2. The molecule has 0 bridgehead atoms. The van der Waals surface area contributed by atoms with Crippen LogP contribution in [-0.2, 0) is 4.79 Å². The minimum Gasteiger partial charge on any atom is -0.449 e. The standard InChI is InChI=1S/C31H32N4O3S2/c36-28-24-11-4-5-12-26(24)38-31(27(28)22-8-2-1-3-9-22)39-19-7-14-34-15-17-35(18-16-34)30(37)25-21-40-29(33-25)23-10-6-13-32-20-23/h1-6,8-13,20,25,29,33H,7,14-19,21H2/t25-,29?/m0/s1. The number of fused-ring (bicyclic) bond motifs is 1. The molecule has 4 heterocycles. The summed E-state index contributed by atoms with van der Waals surface area (Å²) < 4.78 is 6.24. The highest BCUT2D eigenvalue weighted by Crippen LogP contribution is 2.34. The molecule has 206 valence electrons. The van der Waals surface area contributed by atoms with Gasteiger partial charge in [-0.2, -0.15) is 0 Å². The maximum absolute atomic E-state index is 13.4. The predicted octanol–water partition coefficient (Wildman–Crippen LogP) is 4.89. The van der Waals surface area contributed by atoms with Crippen molar-refractivity contribution in [3.63, 3.8) is 0 Å². The van der Waals surface area contributed by atoms with Gasteiger partial charge in [-0.25, -0.2) is 0 Å². The van der Waals surface area contributed by atoms with Gasteiger partial charge in [0.15, 0.2) is 5.09 Å². The van der Waals surface area contributed by atoms with Gasteiger partial charge in [0.2, 0.25) is 11.3 Å². The van der Waals surface area contributed by atoms with Gasteiger partial charge >= 0.3 is 0 Å². The number of nitrogens with zero attached hydrogens (tertiary/aromatic N) is 3. The first-order chi connectivity index (χ1) is 19.7. The number of aromatic nitrogens is 1. The van der Waals surface area contributed by atoms with Gasteiger partial charge in [-0.1, -0.05) is 60.3 Å². The maximum atomic E-state index is 13.4. The van der Waals surface area contributed by atoms with Crippen molar-refractivity contribution < 1.29 is 9.21 Å². The van der Waals surface area contributed by atoms with Crippen LogP contribution in [0.5, 0.6) is 0 Å². The van der Waals surface area contributed by atoms with E-state index in [1.807, 2.05) is 71.8 Å². The van der Waals surface area contributed by atoms with E-state index in [1.165, 1.54) is 0 Å². The normalized spacial score (nSPS) is 19.8. The summed E-state index contributed by atoms with van der Waals surface area (Å²) in [5.74, 6) is 1.83. The molecule has 2 atom stereocenters. The van der Waals surface area contributed by atoms with E-state index in [2.05, 4.69) is 21.3 Å². The van der Waals surface area contributed by atoms with E-state index in [1.54, 1.807) is 29.7 Å². The van der Waals surface area contributed by atoms with Crippen LogP contribution in [0.3, 0.4) is 0 Å². The Hall–Kier alpha value is -3.11. The molecule has 2 aliphatic rings. The van der Waals surface area contributed by atoms with Crippen LogP contribution in [-0.4, -0.2) is 71.0 Å². The van der Waals surface area contributed by atoms with Crippen molar-refractivity contribution in [3.05, 3.63) is 94.9 Å². The van der Waals surface area contributed by atoms with E-state index in [9.17, 15) is 9.59 Å². The lowest BCUT2D eigenvalue weighted by molar-refractivity contribution is -0.134. The van der Waals surface area contributed by atoms with Crippen molar-refractivity contribution in [2.24, 2.45) is 0 Å². The zero-order valence-electron chi connectivity index (χ0n) is 22.2. The highest BCUT2D eigenvalue weighted by molar-refractivity contribution is 7.99. The molecule has 0 radical (unpaired) electrons. The first-order valence-corrected chi connectivity index (χ1v) is 15.7. The Balaban J connectivity index is 1.01. The van der Waals surface area contributed by atoms with Crippen molar-refractivity contribution in [2.75, 3.05) is 44.2 Å². The number of benzene rings is 2. The van der Waals surface area contributed by atoms with Gasteiger partial charge in [-0.3, -0.25) is 24.8 Å². The Labute approximate surface area is 242 Å². The van der Waals surface area contributed by atoms with E-state index < -0.39 is 0 Å². The van der Waals surface area contributed by atoms with Crippen molar-refractivity contribution in [1.29, 1.82) is 0 Å². The SMILES string of the molecule is O=C([C@@H]1CSC(c2cccnc2)N1)N1CCN(CCCSc2oc3ccccc3c(=O)c2-c2ccccc2)CC1. The summed E-state index contributed by atoms with van der Waals surface area (Å²) >= 11 is 3.38. The number of rotatable bonds is 8. The summed E-state index contributed by atoms with van der Waals surface area (Å²) in [6.45, 7) is 4.22. The van der Waals surface area contributed by atoms with E-state index >= 15 is 0 Å². The molecular weight excluding hydrogens is 541 g/mol. The monoisotopic (exact) mass is 572 g/mol. The van der Waals surface area contributed by atoms with Crippen LogP contribution in [0, 0.1) is 0 Å². The molecule has 2 aromatic heterocycles. The fraction of sp³-hybridized carbons (Fsp3) is 0.323. The molecule has 0 saturated carbocycles. The number of para-hydroxylation sites is 1. The van der Waals surface area contributed by atoms with Gasteiger partial charge in [0.05, 0.1) is 22.4 Å². The molecule has 1 unspecified atom stereocenters. The molecule has 9 heteroatoms. The molecule has 0 aliphatic carbocycles. The molecular formula is C31H32N4O3S2. The first-order valence-electron chi connectivity index (χ1n) is 13.7. The van der Waals surface area contributed by atoms with Gasteiger partial charge in [-0.05, 0) is 42.3 Å². The highest BCUT2D eigenvalue weighted by Gasteiger charge is 2.34. The molecule has 40 heavy (non-hydrogen) atoms. The fourth-order valence-electron chi connectivity index (χ4n) is 5.28. The average molecular weight is 573 g/mol. The van der Waals surface area contributed by atoms with Crippen LogP contribution in [0.4, 0.5) is 0 Å². The Kier molecular flexibility index (Phi) is 8.53. The second kappa shape index (κ2) is 12.6. The van der Waals surface area contributed by atoms with Crippen molar-refractivity contribution in [3.8, 4) is 11.1 Å². The molecule has 2 saturated heterocycles. The lowest BCUT2D eigenvalue weighted by Gasteiger charge is -2.36. The van der Waals surface area contributed by atoms with Gasteiger partial charge in [0, 0.05) is 50.1 Å². The van der Waals surface area contributed by atoms with Crippen LogP contribution in [0.2, 0.25) is 0 Å². The Bertz CT molecular complexity index is 1510. The number of thioether (sulfide) groups is 2. The van der Waals surface area contributed by atoms with E-state index in [4.69, 9.17) is 4.42 Å². The zero-order chi connectivity index (χ0) is 27.3. The molecule has 7 nitrogen and oxygen atoms in total. The van der Waals surface area contributed by atoms with Crippen molar-refractivity contribution >= 4 is 40.4 Å². The Morgan fingerprint density at radius 3 is 2.62 bits per heavy atom. The first kappa shape index (κ1) is 27.1. The number of hydrogen-bond donors (Lipinski definition) is 1. The second-order valence-corrected chi connectivity index (χ2v) is 12.2. The smallest absolute Gasteiger partial charge is 0.240 e. The average Bonchev–Trinajstić information content (AvgIpc) is 3.51. The number of piperazine rings is 1. The second-order valence-electron chi connectivity index (χ2n) is 10.0. The minimum atomic E-state index is -0.145. The molecule has 2 fully saturated rings. The number of nitrogens with one attached hydrogen (secondary N) is 1. The number of hydrogen-bond acceptors (Lipinski definition) is 8. The third-order valence-corrected chi connectivity index (χ3v) is 9.74. The van der Waals surface area contributed by atoms with Crippen molar-refractivity contribution in [1.82, 2.24) is 20.1 Å². The minimum absolute atomic E-state index is 0.0123. The van der Waals surface area contributed by atoms with Gasteiger partial charge in [0.25, 0.3) is 0 Å². The fourth-order valence-corrected chi connectivity index (χ4v) is 7.46. The van der Waals surface area contributed by atoms with Crippen LogP contribution < -0.4 is 10.7 Å². The van der Waals surface area contributed by atoms with Crippen LogP contribution >= 0.6 is 23.5 Å². The topological polar surface area (TPSA) is 78.7 Å². The van der Waals surface area contributed by atoms with Crippen molar-refractivity contribution in [2.45, 2.75) is 22.9 Å². The number of carbonyl (C=O) groups is 1. The zero-order valence-corrected chi connectivity index (χ0v) is 23.8. The third kappa shape index (κ3) is 5.98. The maximum Gasteiger partial charge on any atom is 0.240 e. The molecule has 2 aliphatic heterocycles. The van der Waals surface area contributed by atoms with E-state index in [0.717, 1.165) is 61.8 Å². The molecule has 2 aromatic carbocycles. The number of pyridine rings is 1. The summed E-state index contributed by atoms with van der Waals surface area (Å²) in [5, 5.41) is 4.90. The molecule has 1 amide bonds. The van der Waals surface area contributed by atoms with E-state index in [0.29, 0.717) is 21.6 Å². The summed E-state index contributed by atoms with van der Waals surface area (Å²) in [6.07, 6.45) is 4.61. The van der Waals surface area contributed by atoms with Gasteiger partial charge < -0.3 is 9.32 Å². The summed E-state index contributed by atoms with van der Waals surface area (Å²) in [6, 6.07) is 21.1. The van der Waals surface area contributed by atoms with Crippen LogP contribution in [0.15, 0.2) is 93.4 Å². The summed E-state index contributed by atoms with van der Waals surface area (Å²) in [7, 11) is 0. The molecule has 1 N–H and O–H groups in total. The lowest BCUT2D eigenvalue weighted by atomic mass is 10.1. The Morgan fingerprint density at radius 1 is 1.02 bits per heavy atom. The summed E-state index contributed by atoms with van der Waals surface area (Å²) in [4.78, 5) is 35.2. The largest absolute Gasteiger partial charge is 0.449 e. The molecule has 6 rings (SSSR count). The third-order valence-electron chi connectivity index (χ3n) is 7.43. The molecule has 4 aromatic rings. The van der Waals surface area contributed by atoms with Crippen LogP contribution in [0.1, 0.15) is 17.4 Å². The Morgan fingerprint density at radius 2 is 1.82 bits per heavy atom. The van der Waals surface area contributed by atoms with Crippen LogP contribution in [0.25, 0.3) is 22.1 Å². The quantitative estimate of drug-likeness (QED) is 0.236. The number of amides is 1. The van der Waals surface area contributed by atoms with Gasteiger partial charge in [0.1, 0.15) is 5.58 Å².